The molecule has 0 aliphatic heterocycles. The van der Waals surface area contributed by atoms with Gasteiger partial charge in [-0.05, 0) is 30.7 Å². The number of hydrogen-bond donors (Lipinski definition) is 0. The van der Waals surface area contributed by atoms with Crippen LogP contribution in [0.3, 0.4) is 0 Å². The van der Waals surface area contributed by atoms with Crippen LogP contribution in [0.5, 0.6) is 11.6 Å². The molecule has 0 fully saturated rings. The van der Waals surface area contributed by atoms with Crippen molar-refractivity contribution in [2.24, 2.45) is 0 Å². The van der Waals surface area contributed by atoms with E-state index in [0.717, 1.165) is 27.8 Å². The van der Waals surface area contributed by atoms with Gasteiger partial charge in [-0.3, -0.25) is 0 Å². The number of halogens is 1. The van der Waals surface area contributed by atoms with Crippen LogP contribution >= 0.6 is 11.6 Å². The Morgan fingerprint density at radius 2 is 1.80 bits per heavy atom. The molecule has 3 heteroatoms. The van der Waals surface area contributed by atoms with Crippen LogP contribution in [-0.4, -0.2) is 4.98 Å². The maximum Gasteiger partial charge on any atom is 0.224 e. The van der Waals surface area contributed by atoms with E-state index in [-0.39, 0.29) is 0 Å². The molecule has 0 amide bonds. The van der Waals surface area contributed by atoms with E-state index in [2.05, 4.69) is 4.98 Å². The first kappa shape index (κ1) is 12.9. The van der Waals surface area contributed by atoms with Gasteiger partial charge in [0, 0.05) is 10.9 Å². The smallest absolute Gasteiger partial charge is 0.224 e. The summed E-state index contributed by atoms with van der Waals surface area (Å²) in [5, 5.41) is 1.07. The average Bonchev–Trinajstić information content (AvgIpc) is 2.49. The van der Waals surface area contributed by atoms with Gasteiger partial charge in [-0.25, -0.2) is 4.98 Å². The Bertz CT molecular complexity index is 755. The predicted molar refractivity (Wildman–Crippen MR) is 82.6 cm³/mol. The summed E-state index contributed by atoms with van der Waals surface area (Å²) in [6.45, 7) is 2.01. The molecular weight excluding hydrogens is 270 g/mol. The second-order valence-electron chi connectivity index (χ2n) is 4.65. The molecule has 100 valence electrons. The zero-order valence-electron chi connectivity index (χ0n) is 11.1. The fraction of sp³-hybridized carbons (Fsp3) is 0.118. The van der Waals surface area contributed by atoms with Crippen molar-refractivity contribution in [2.45, 2.75) is 12.8 Å². The third kappa shape index (κ3) is 2.47. The molecule has 0 unspecified atom stereocenters. The van der Waals surface area contributed by atoms with E-state index in [4.69, 9.17) is 16.3 Å². The number of hydrogen-bond acceptors (Lipinski definition) is 2. The van der Waals surface area contributed by atoms with Crippen LogP contribution in [0.25, 0.3) is 10.9 Å². The van der Waals surface area contributed by atoms with Crippen LogP contribution < -0.4 is 4.74 Å². The molecule has 2 nitrogen and oxygen atoms in total. The summed E-state index contributed by atoms with van der Waals surface area (Å²) in [5.41, 5.74) is 2.88. The van der Waals surface area contributed by atoms with Gasteiger partial charge in [-0.1, -0.05) is 36.4 Å². The number of fused-ring (bicyclic) bond motifs is 1. The Balaban J connectivity index is 2.08. The van der Waals surface area contributed by atoms with Crippen LogP contribution in [0.2, 0.25) is 0 Å². The molecule has 0 saturated heterocycles. The first-order valence-electron chi connectivity index (χ1n) is 6.46. The molecule has 0 aliphatic carbocycles. The van der Waals surface area contributed by atoms with Crippen molar-refractivity contribution in [3.63, 3.8) is 0 Å². The summed E-state index contributed by atoms with van der Waals surface area (Å²) < 4.78 is 5.94. The van der Waals surface area contributed by atoms with Crippen LogP contribution in [-0.2, 0) is 5.88 Å². The lowest BCUT2D eigenvalue weighted by molar-refractivity contribution is 0.457. The topological polar surface area (TPSA) is 22.1 Å². The molecule has 0 spiro atoms. The van der Waals surface area contributed by atoms with Gasteiger partial charge < -0.3 is 4.74 Å². The Morgan fingerprint density at radius 1 is 1.05 bits per heavy atom. The number of aromatic nitrogens is 1. The maximum absolute atomic E-state index is 6.02. The van der Waals surface area contributed by atoms with Crippen LogP contribution in [0.15, 0.2) is 54.6 Å². The van der Waals surface area contributed by atoms with Crippen molar-refractivity contribution < 1.29 is 4.74 Å². The van der Waals surface area contributed by atoms with Crippen LogP contribution in [0.4, 0.5) is 0 Å². The molecule has 1 aromatic heterocycles. The van der Waals surface area contributed by atoms with Crippen molar-refractivity contribution >= 4 is 22.5 Å². The van der Waals surface area contributed by atoms with Gasteiger partial charge >= 0.3 is 0 Å². The minimum absolute atomic E-state index is 0.374. The Morgan fingerprint density at radius 3 is 2.60 bits per heavy atom. The van der Waals surface area contributed by atoms with E-state index in [0.29, 0.717) is 11.8 Å². The van der Waals surface area contributed by atoms with Gasteiger partial charge in [0.2, 0.25) is 5.88 Å². The highest BCUT2D eigenvalue weighted by Gasteiger charge is 2.09. The zero-order valence-corrected chi connectivity index (χ0v) is 11.9. The normalized spacial score (nSPS) is 10.7. The number of ether oxygens (including phenoxy) is 1. The molecule has 0 radical (unpaired) electrons. The summed E-state index contributed by atoms with van der Waals surface area (Å²) in [7, 11) is 0. The van der Waals surface area contributed by atoms with Gasteiger partial charge in [-0.15, -0.1) is 11.6 Å². The Labute approximate surface area is 123 Å². The monoisotopic (exact) mass is 283 g/mol. The second-order valence-corrected chi connectivity index (χ2v) is 4.91. The lowest BCUT2D eigenvalue weighted by Gasteiger charge is -2.11. The van der Waals surface area contributed by atoms with Crippen molar-refractivity contribution in [1.82, 2.24) is 4.98 Å². The quantitative estimate of drug-likeness (QED) is 0.626. The molecule has 0 aliphatic rings. The summed E-state index contributed by atoms with van der Waals surface area (Å²) in [6, 6.07) is 17.9. The first-order valence-corrected chi connectivity index (χ1v) is 6.99. The Kier molecular flexibility index (Phi) is 3.57. The van der Waals surface area contributed by atoms with Gasteiger partial charge in [0.15, 0.2) is 0 Å². The number of nitrogens with zero attached hydrogens (tertiary/aromatic N) is 1. The third-order valence-electron chi connectivity index (χ3n) is 3.21. The number of alkyl halides is 1. The van der Waals surface area contributed by atoms with Gasteiger partial charge in [0.1, 0.15) is 5.75 Å². The second kappa shape index (κ2) is 5.51. The zero-order chi connectivity index (χ0) is 13.9. The summed E-state index contributed by atoms with van der Waals surface area (Å²) in [5.74, 6) is 1.76. The van der Waals surface area contributed by atoms with Crippen molar-refractivity contribution in [3.05, 3.63) is 65.7 Å². The lowest BCUT2D eigenvalue weighted by Crippen LogP contribution is -1.95. The van der Waals surface area contributed by atoms with Crippen molar-refractivity contribution in [3.8, 4) is 11.6 Å². The van der Waals surface area contributed by atoms with E-state index < -0.39 is 0 Å². The molecule has 0 atom stereocenters. The highest BCUT2D eigenvalue weighted by atomic mass is 35.5. The van der Waals surface area contributed by atoms with E-state index in [1.807, 2.05) is 61.5 Å². The highest BCUT2D eigenvalue weighted by Crippen LogP contribution is 2.29. The highest BCUT2D eigenvalue weighted by molar-refractivity contribution is 6.17. The minimum atomic E-state index is 0.374. The molecule has 20 heavy (non-hydrogen) atoms. The number of pyridine rings is 1. The standard InChI is InChI=1S/C17H14ClNO/c1-12-6-2-5-9-16(12)20-17-14(11-18)10-13-7-3-4-8-15(13)19-17/h2-10H,11H2,1H3. The van der Waals surface area contributed by atoms with E-state index in [1.54, 1.807) is 0 Å². The number of rotatable bonds is 3. The van der Waals surface area contributed by atoms with Crippen LogP contribution in [0, 0.1) is 6.92 Å². The molecule has 0 N–H and O–H groups in total. The summed E-state index contributed by atoms with van der Waals surface area (Å²) in [4.78, 5) is 4.58. The summed E-state index contributed by atoms with van der Waals surface area (Å²) >= 11 is 6.02. The molecular formula is C17H14ClNO. The lowest BCUT2D eigenvalue weighted by atomic mass is 10.1. The number of para-hydroxylation sites is 2. The third-order valence-corrected chi connectivity index (χ3v) is 3.50. The minimum Gasteiger partial charge on any atom is -0.438 e. The number of aryl methyl sites for hydroxylation is 1. The van der Waals surface area contributed by atoms with Crippen molar-refractivity contribution in [1.29, 1.82) is 0 Å². The SMILES string of the molecule is Cc1ccccc1Oc1nc2ccccc2cc1CCl. The summed E-state index contributed by atoms with van der Waals surface area (Å²) in [6.07, 6.45) is 0. The Hall–Kier alpha value is -2.06. The molecule has 0 bridgehead atoms. The fourth-order valence-corrected chi connectivity index (χ4v) is 2.29. The van der Waals surface area contributed by atoms with Gasteiger partial charge in [-0.2, -0.15) is 0 Å². The first-order chi connectivity index (χ1) is 9.78. The molecule has 2 aromatic carbocycles. The van der Waals surface area contributed by atoms with Gasteiger partial charge in [0.05, 0.1) is 11.4 Å². The number of benzene rings is 2. The molecule has 0 saturated carbocycles. The maximum atomic E-state index is 6.02. The van der Waals surface area contributed by atoms with Crippen molar-refractivity contribution in [2.75, 3.05) is 0 Å². The molecule has 3 aromatic rings. The molecule has 3 rings (SSSR count). The predicted octanol–water partition coefficient (Wildman–Crippen LogP) is 5.07. The largest absolute Gasteiger partial charge is 0.438 e. The fourth-order valence-electron chi connectivity index (χ4n) is 2.10. The van der Waals surface area contributed by atoms with E-state index >= 15 is 0 Å². The average molecular weight is 284 g/mol. The van der Waals surface area contributed by atoms with Crippen LogP contribution in [0.1, 0.15) is 11.1 Å². The van der Waals surface area contributed by atoms with E-state index in [9.17, 15) is 0 Å². The van der Waals surface area contributed by atoms with E-state index in [1.165, 1.54) is 0 Å². The molecule has 1 heterocycles. The van der Waals surface area contributed by atoms with Gasteiger partial charge in [0.25, 0.3) is 0 Å².